The van der Waals surface area contributed by atoms with E-state index in [1.807, 2.05) is 24.3 Å². The van der Waals surface area contributed by atoms with Crippen LogP contribution in [0.5, 0.6) is 0 Å². The van der Waals surface area contributed by atoms with Crippen molar-refractivity contribution in [3.8, 4) is 11.1 Å². The van der Waals surface area contributed by atoms with Crippen molar-refractivity contribution in [1.82, 2.24) is 4.98 Å². The van der Waals surface area contributed by atoms with Crippen LogP contribution >= 0.6 is 0 Å². The van der Waals surface area contributed by atoms with Crippen molar-refractivity contribution in [3.05, 3.63) is 71.6 Å². The van der Waals surface area contributed by atoms with Crippen molar-refractivity contribution in [1.29, 1.82) is 0 Å². The molecule has 1 aromatic carbocycles. The van der Waals surface area contributed by atoms with Crippen molar-refractivity contribution in [3.63, 3.8) is 0 Å². The van der Waals surface area contributed by atoms with E-state index in [0.717, 1.165) is 34.7 Å². The Morgan fingerprint density at radius 2 is 2.00 bits per heavy atom. The molecule has 5 heteroatoms. The summed E-state index contributed by atoms with van der Waals surface area (Å²) in [7, 11) is 0. The van der Waals surface area contributed by atoms with Crippen LogP contribution in [-0.2, 0) is 4.84 Å². The summed E-state index contributed by atoms with van der Waals surface area (Å²) >= 11 is 0. The molecule has 4 nitrogen and oxygen atoms in total. The Labute approximate surface area is 166 Å². The maximum Gasteiger partial charge on any atom is 0.143 e. The van der Waals surface area contributed by atoms with Gasteiger partial charge in [-0.3, -0.25) is 4.98 Å². The van der Waals surface area contributed by atoms with Gasteiger partial charge in [-0.05, 0) is 54.5 Å². The van der Waals surface area contributed by atoms with Crippen molar-refractivity contribution >= 4 is 6.08 Å². The van der Waals surface area contributed by atoms with E-state index in [1.165, 1.54) is 37.8 Å². The molecule has 1 unspecified atom stereocenters. The van der Waals surface area contributed by atoms with Gasteiger partial charge in [0.05, 0.1) is 11.4 Å². The monoisotopic (exact) mass is 381 g/mol. The Kier molecular flexibility index (Phi) is 5.44. The fraction of sp³-hybridized carbons (Fsp3) is 0.348. The number of benzene rings is 1. The molecule has 0 bridgehead atoms. The highest BCUT2D eigenvalue weighted by atomic mass is 19.1. The zero-order valence-corrected chi connectivity index (χ0v) is 15.9. The van der Waals surface area contributed by atoms with Gasteiger partial charge in [0.15, 0.2) is 0 Å². The van der Waals surface area contributed by atoms with Crippen LogP contribution in [0.2, 0.25) is 0 Å². The lowest BCUT2D eigenvalue weighted by Gasteiger charge is -2.40. The molecule has 2 aromatic rings. The molecule has 4 N–H and O–H groups in total. The predicted molar refractivity (Wildman–Crippen MR) is 111 cm³/mol. The Morgan fingerprint density at radius 1 is 1.14 bits per heavy atom. The number of nitrogens with two attached hydrogens (primary N) is 2. The Balaban J connectivity index is 0.00000240. The number of aromatic nitrogens is 1. The van der Waals surface area contributed by atoms with Gasteiger partial charge < -0.3 is 10.6 Å². The summed E-state index contributed by atoms with van der Waals surface area (Å²) in [6, 6.07) is 10.4. The van der Waals surface area contributed by atoms with Gasteiger partial charge in [-0.1, -0.05) is 37.1 Å². The average molecular weight is 381 g/mol. The molecule has 28 heavy (non-hydrogen) atoms. The van der Waals surface area contributed by atoms with E-state index in [1.54, 1.807) is 12.3 Å². The summed E-state index contributed by atoms with van der Waals surface area (Å²) in [6.45, 7) is 0. The van der Waals surface area contributed by atoms with E-state index in [9.17, 15) is 4.39 Å². The number of halogens is 1. The van der Waals surface area contributed by atoms with Crippen molar-refractivity contribution in [2.45, 2.75) is 32.1 Å². The minimum absolute atomic E-state index is 0. The molecule has 0 spiro atoms. The second kappa shape index (κ2) is 8.15. The van der Waals surface area contributed by atoms with E-state index in [-0.39, 0.29) is 13.2 Å². The molecule has 0 saturated heterocycles. The number of hydrogen-bond donors (Lipinski definition) is 2. The molecule has 0 aliphatic heterocycles. The lowest BCUT2D eigenvalue weighted by atomic mass is 9.66. The van der Waals surface area contributed by atoms with Gasteiger partial charge in [-0.15, -0.1) is 0 Å². The van der Waals surface area contributed by atoms with E-state index in [2.05, 4.69) is 11.1 Å². The second-order valence-corrected chi connectivity index (χ2v) is 7.78. The first-order valence-electron chi connectivity index (χ1n) is 9.91. The number of fused-ring (bicyclic) bond motifs is 1. The normalized spacial score (nSPS) is 25.0. The average Bonchev–Trinajstić information content (AvgIpc) is 2.73. The van der Waals surface area contributed by atoms with Crippen molar-refractivity contribution in [2.24, 2.45) is 29.4 Å². The zero-order chi connectivity index (χ0) is 19.5. The zero-order valence-electron chi connectivity index (χ0n) is 15.9. The fourth-order valence-electron chi connectivity index (χ4n) is 4.64. The predicted octanol–water partition coefficient (Wildman–Crippen LogP) is 5.03. The van der Waals surface area contributed by atoms with Gasteiger partial charge in [0.2, 0.25) is 0 Å². The molecule has 0 radical (unpaired) electrons. The molecule has 1 aromatic heterocycles. The molecule has 2 aliphatic rings. The summed E-state index contributed by atoms with van der Waals surface area (Å²) in [5.74, 6) is 7.19. The number of rotatable bonds is 4. The maximum atomic E-state index is 13.4. The first kappa shape index (κ1) is 18.7. The van der Waals surface area contributed by atoms with Crippen LogP contribution in [0, 0.1) is 23.6 Å². The molecule has 1 fully saturated rings. The van der Waals surface area contributed by atoms with Gasteiger partial charge >= 0.3 is 0 Å². The van der Waals surface area contributed by atoms with Crippen molar-refractivity contribution in [2.75, 3.05) is 0 Å². The molecule has 1 heterocycles. The second-order valence-electron chi connectivity index (χ2n) is 7.78. The van der Waals surface area contributed by atoms with Crippen LogP contribution in [-0.4, -0.2) is 4.98 Å². The third-order valence-corrected chi connectivity index (χ3v) is 6.12. The largest absolute Gasteiger partial charge is 0.414 e. The summed E-state index contributed by atoms with van der Waals surface area (Å²) < 4.78 is 13.4. The van der Waals surface area contributed by atoms with Crippen LogP contribution in [0.3, 0.4) is 0 Å². The standard InChI is InChI=1S/C23H26FN3O.H2/c24-18-6-3-5-15(12-18)17-8-9-19(27-14-17)10-11-21-20-7-2-1-4-16(20)13-22(28-26)23(21)25;/h3,5-6,8-12,14,16,20-21H,1-2,4,7,13,25-26H2;1H/b11-10+;/t16-,20?,21-;/m0./s1. The van der Waals surface area contributed by atoms with Gasteiger partial charge in [0, 0.05) is 25.5 Å². The smallest absolute Gasteiger partial charge is 0.143 e. The Morgan fingerprint density at radius 3 is 2.75 bits per heavy atom. The Hall–Kier alpha value is -2.66. The number of nitrogens with zero attached hydrogens (tertiary/aromatic N) is 1. The van der Waals surface area contributed by atoms with Crippen LogP contribution < -0.4 is 11.6 Å². The number of hydrogen-bond acceptors (Lipinski definition) is 4. The van der Waals surface area contributed by atoms with Gasteiger partial charge in [0.1, 0.15) is 11.6 Å². The van der Waals surface area contributed by atoms with E-state index in [4.69, 9.17) is 16.5 Å². The van der Waals surface area contributed by atoms with E-state index < -0.39 is 0 Å². The molecule has 0 amide bonds. The number of allylic oxidation sites excluding steroid dienone is 2. The van der Waals surface area contributed by atoms with E-state index >= 15 is 0 Å². The molecule has 1 saturated carbocycles. The fourth-order valence-corrected chi connectivity index (χ4v) is 4.64. The lowest BCUT2D eigenvalue weighted by molar-refractivity contribution is 0.119. The van der Waals surface area contributed by atoms with Crippen LogP contribution in [0.15, 0.2) is 60.1 Å². The van der Waals surface area contributed by atoms with Gasteiger partial charge in [-0.25, -0.2) is 4.39 Å². The summed E-state index contributed by atoms with van der Waals surface area (Å²) in [5, 5.41) is 0. The highest BCUT2D eigenvalue weighted by Gasteiger charge is 2.38. The Bertz CT molecular complexity index is 897. The summed E-state index contributed by atoms with van der Waals surface area (Å²) in [6.07, 6.45) is 11.7. The minimum atomic E-state index is -0.249. The van der Waals surface area contributed by atoms with Gasteiger partial charge in [0.25, 0.3) is 0 Å². The highest BCUT2D eigenvalue weighted by Crippen LogP contribution is 2.45. The van der Waals surface area contributed by atoms with E-state index in [0.29, 0.717) is 11.8 Å². The molecule has 3 atom stereocenters. The quantitative estimate of drug-likeness (QED) is 0.728. The molecule has 148 valence electrons. The minimum Gasteiger partial charge on any atom is -0.414 e. The third-order valence-electron chi connectivity index (χ3n) is 6.12. The molecule has 4 rings (SSSR count). The maximum absolute atomic E-state index is 13.4. The van der Waals surface area contributed by atoms with Crippen LogP contribution in [0.1, 0.15) is 39.2 Å². The summed E-state index contributed by atoms with van der Waals surface area (Å²) in [4.78, 5) is 9.60. The first-order valence-corrected chi connectivity index (χ1v) is 9.91. The van der Waals surface area contributed by atoms with Crippen molar-refractivity contribution < 1.29 is 10.7 Å². The highest BCUT2D eigenvalue weighted by molar-refractivity contribution is 5.63. The van der Waals surface area contributed by atoms with Crippen LogP contribution in [0.4, 0.5) is 4.39 Å². The molecular formula is C23H28FN3O. The first-order chi connectivity index (χ1) is 13.7. The topological polar surface area (TPSA) is 74.2 Å². The number of pyridine rings is 1. The lowest BCUT2D eigenvalue weighted by Crippen LogP contribution is -2.35. The SMILES string of the molecule is NOC1=C(N)[C@@H](/C=C/c2ccc(-c3cccc(F)c3)cn2)C2CCCC[C@H]2C1.[HH]. The van der Waals surface area contributed by atoms with Crippen LogP contribution in [0.25, 0.3) is 17.2 Å². The molecule has 2 aliphatic carbocycles. The molecular weight excluding hydrogens is 353 g/mol. The van der Waals surface area contributed by atoms with Gasteiger partial charge in [-0.2, -0.15) is 5.90 Å². The third kappa shape index (κ3) is 3.80. The summed E-state index contributed by atoms with van der Waals surface area (Å²) in [5.41, 5.74) is 9.69.